The maximum absolute atomic E-state index is 12.1. The Balaban J connectivity index is 1.89. The van der Waals surface area contributed by atoms with Crippen LogP contribution < -0.4 is 10.1 Å². The van der Waals surface area contributed by atoms with Crippen LogP contribution in [0.15, 0.2) is 52.4 Å². The predicted octanol–water partition coefficient (Wildman–Crippen LogP) is 4.15. The van der Waals surface area contributed by atoms with E-state index in [1.54, 1.807) is 36.4 Å². The molecule has 7 nitrogen and oxygen atoms in total. The fourth-order valence-electron chi connectivity index (χ4n) is 2.22. The van der Waals surface area contributed by atoms with Gasteiger partial charge in [-0.15, -0.1) is 0 Å². The van der Waals surface area contributed by atoms with Gasteiger partial charge in [0.2, 0.25) is 0 Å². The van der Waals surface area contributed by atoms with E-state index in [0.29, 0.717) is 26.3 Å². The summed E-state index contributed by atoms with van der Waals surface area (Å²) in [6.07, 6.45) is 1.56. The Labute approximate surface area is 157 Å². The van der Waals surface area contributed by atoms with Crippen molar-refractivity contribution in [3.05, 3.63) is 68.1 Å². The molecule has 1 fully saturated rings. The predicted molar refractivity (Wildman–Crippen MR) is 102 cm³/mol. The largest absolute Gasteiger partial charge is 0.490 e. The van der Waals surface area contributed by atoms with Crippen molar-refractivity contribution in [1.29, 1.82) is 0 Å². The first kappa shape index (κ1) is 18.0. The van der Waals surface area contributed by atoms with E-state index in [9.17, 15) is 14.9 Å². The number of amides is 1. The molecule has 1 aliphatic heterocycles. The Hall–Kier alpha value is -2.84. The first-order chi connectivity index (χ1) is 12.5. The number of thioether (sulfide) groups is 1. The highest BCUT2D eigenvalue weighted by Gasteiger charge is 2.24. The molecule has 2 aromatic rings. The van der Waals surface area contributed by atoms with Crippen molar-refractivity contribution in [3.8, 4) is 5.75 Å². The second-order valence-corrected chi connectivity index (χ2v) is 6.56. The Bertz CT molecular complexity index is 959. The van der Waals surface area contributed by atoms with E-state index in [0.717, 1.165) is 11.8 Å². The number of nitro groups is 1. The SMILES string of the molecule is COc1ccc(/C=C2/SC(=Nc3ccccc3Cl)NC2=O)cc1[N+](=O)[O-]. The van der Waals surface area contributed by atoms with Gasteiger partial charge in [-0.3, -0.25) is 14.9 Å². The highest BCUT2D eigenvalue weighted by molar-refractivity contribution is 8.18. The molecule has 0 aliphatic carbocycles. The molecule has 0 radical (unpaired) electrons. The number of nitro benzene ring substituents is 1. The van der Waals surface area contributed by atoms with Crippen molar-refractivity contribution in [2.45, 2.75) is 0 Å². The lowest BCUT2D eigenvalue weighted by Gasteiger charge is -2.02. The molecule has 26 heavy (non-hydrogen) atoms. The van der Waals surface area contributed by atoms with Gasteiger partial charge in [0.25, 0.3) is 5.91 Å². The van der Waals surface area contributed by atoms with E-state index in [1.807, 2.05) is 0 Å². The van der Waals surface area contributed by atoms with Crippen LogP contribution in [-0.4, -0.2) is 23.1 Å². The highest BCUT2D eigenvalue weighted by Crippen LogP contribution is 2.33. The summed E-state index contributed by atoms with van der Waals surface area (Å²) in [5, 5.41) is 14.6. The second-order valence-electron chi connectivity index (χ2n) is 5.12. The molecular weight excluding hydrogens is 378 g/mol. The van der Waals surface area contributed by atoms with Gasteiger partial charge in [-0.1, -0.05) is 29.8 Å². The van der Waals surface area contributed by atoms with Crippen molar-refractivity contribution in [2.24, 2.45) is 4.99 Å². The van der Waals surface area contributed by atoms with Crippen LogP contribution in [0, 0.1) is 10.1 Å². The fourth-order valence-corrected chi connectivity index (χ4v) is 3.24. The first-order valence-electron chi connectivity index (χ1n) is 7.34. The third-order valence-electron chi connectivity index (χ3n) is 3.42. The second kappa shape index (κ2) is 7.59. The monoisotopic (exact) mass is 389 g/mol. The van der Waals surface area contributed by atoms with Crippen LogP contribution >= 0.6 is 23.4 Å². The number of amidine groups is 1. The number of rotatable bonds is 4. The number of nitrogens with one attached hydrogen (secondary N) is 1. The summed E-state index contributed by atoms with van der Waals surface area (Å²) in [5.74, 6) is -0.180. The number of carbonyl (C=O) groups is 1. The summed E-state index contributed by atoms with van der Waals surface area (Å²) in [4.78, 5) is 27.4. The summed E-state index contributed by atoms with van der Waals surface area (Å²) in [5.41, 5.74) is 0.877. The summed E-state index contributed by atoms with van der Waals surface area (Å²) in [6.45, 7) is 0. The van der Waals surface area contributed by atoms with Crippen LogP contribution in [0.4, 0.5) is 11.4 Å². The zero-order valence-electron chi connectivity index (χ0n) is 13.4. The van der Waals surface area contributed by atoms with Gasteiger partial charge in [0.15, 0.2) is 10.9 Å². The van der Waals surface area contributed by atoms with Gasteiger partial charge in [-0.05, 0) is 41.6 Å². The van der Waals surface area contributed by atoms with E-state index in [1.165, 1.54) is 19.2 Å². The Morgan fingerprint density at radius 3 is 2.77 bits per heavy atom. The third kappa shape index (κ3) is 3.87. The first-order valence-corrected chi connectivity index (χ1v) is 8.54. The molecular formula is C17H12ClN3O4S. The smallest absolute Gasteiger partial charge is 0.311 e. The third-order valence-corrected chi connectivity index (χ3v) is 4.65. The average molecular weight is 390 g/mol. The quantitative estimate of drug-likeness (QED) is 0.481. The number of hydrogen-bond acceptors (Lipinski definition) is 6. The lowest BCUT2D eigenvalue weighted by Crippen LogP contribution is -2.19. The normalized spacial score (nSPS) is 16.8. The molecule has 1 N–H and O–H groups in total. The molecule has 1 heterocycles. The average Bonchev–Trinajstić information content (AvgIpc) is 2.96. The standard InChI is InChI=1S/C17H12ClN3O4S/c1-25-14-7-6-10(8-13(14)21(23)24)9-15-16(22)20-17(26-15)19-12-5-3-2-4-11(12)18/h2-9H,1H3,(H,19,20,22)/b15-9+. The zero-order valence-corrected chi connectivity index (χ0v) is 15.0. The summed E-state index contributed by atoms with van der Waals surface area (Å²) < 4.78 is 4.97. The molecule has 3 rings (SSSR count). The van der Waals surface area contributed by atoms with Crippen molar-refractivity contribution >= 4 is 51.9 Å². The number of methoxy groups -OCH3 is 1. The van der Waals surface area contributed by atoms with Crippen LogP contribution in [0.25, 0.3) is 6.08 Å². The Morgan fingerprint density at radius 2 is 2.08 bits per heavy atom. The minimum absolute atomic E-state index is 0.154. The maximum atomic E-state index is 12.1. The zero-order chi connectivity index (χ0) is 18.7. The van der Waals surface area contributed by atoms with Crippen molar-refractivity contribution < 1.29 is 14.5 Å². The van der Waals surface area contributed by atoms with Gasteiger partial charge >= 0.3 is 5.69 Å². The van der Waals surface area contributed by atoms with Gasteiger partial charge < -0.3 is 10.1 Å². The number of ether oxygens (including phenoxy) is 1. The van der Waals surface area contributed by atoms with Gasteiger partial charge in [-0.2, -0.15) is 0 Å². The van der Waals surface area contributed by atoms with Crippen LogP contribution in [0.1, 0.15) is 5.56 Å². The molecule has 0 atom stereocenters. The molecule has 1 saturated heterocycles. The summed E-state index contributed by atoms with van der Waals surface area (Å²) in [7, 11) is 1.36. The van der Waals surface area contributed by atoms with Crippen molar-refractivity contribution in [2.75, 3.05) is 7.11 Å². The molecule has 0 bridgehead atoms. The molecule has 9 heteroatoms. The highest BCUT2D eigenvalue weighted by atomic mass is 35.5. The van der Waals surface area contributed by atoms with E-state index in [2.05, 4.69) is 10.3 Å². The Kier molecular flexibility index (Phi) is 5.24. The minimum Gasteiger partial charge on any atom is -0.490 e. The van der Waals surface area contributed by atoms with Crippen LogP contribution in [0.3, 0.4) is 0 Å². The number of para-hydroxylation sites is 1. The molecule has 2 aromatic carbocycles. The number of benzene rings is 2. The van der Waals surface area contributed by atoms with E-state index in [-0.39, 0.29) is 17.3 Å². The number of carbonyl (C=O) groups excluding carboxylic acids is 1. The van der Waals surface area contributed by atoms with Crippen molar-refractivity contribution in [3.63, 3.8) is 0 Å². The van der Waals surface area contributed by atoms with Gasteiger partial charge in [0.05, 0.1) is 27.6 Å². The molecule has 0 aromatic heterocycles. The number of hydrogen-bond donors (Lipinski definition) is 1. The molecule has 0 saturated carbocycles. The summed E-state index contributed by atoms with van der Waals surface area (Å²) >= 11 is 7.19. The number of aliphatic imine (C=N–C) groups is 1. The number of nitrogens with zero attached hydrogens (tertiary/aromatic N) is 2. The van der Waals surface area contributed by atoms with Gasteiger partial charge in [0, 0.05) is 6.07 Å². The van der Waals surface area contributed by atoms with Crippen LogP contribution in [-0.2, 0) is 4.79 Å². The fraction of sp³-hybridized carbons (Fsp3) is 0.0588. The lowest BCUT2D eigenvalue weighted by molar-refractivity contribution is -0.385. The van der Waals surface area contributed by atoms with E-state index >= 15 is 0 Å². The van der Waals surface area contributed by atoms with Gasteiger partial charge in [0.1, 0.15) is 0 Å². The number of halogens is 1. The lowest BCUT2D eigenvalue weighted by atomic mass is 10.1. The molecule has 0 unspecified atom stereocenters. The minimum atomic E-state index is -0.535. The van der Waals surface area contributed by atoms with E-state index < -0.39 is 4.92 Å². The van der Waals surface area contributed by atoms with Crippen LogP contribution in [0.2, 0.25) is 5.02 Å². The van der Waals surface area contributed by atoms with E-state index in [4.69, 9.17) is 16.3 Å². The maximum Gasteiger partial charge on any atom is 0.311 e. The summed E-state index contributed by atoms with van der Waals surface area (Å²) in [6, 6.07) is 11.5. The van der Waals surface area contributed by atoms with Crippen molar-refractivity contribution in [1.82, 2.24) is 5.32 Å². The molecule has 1 amide bonds. The van der Waals surface area contributed by atoms with Gasteiger partial charge in [-0.25, -0.2) is 4.99 Å². The topological polar surface area (TPSA) is 93.8 Å². The molecule has 0 spiro atoms. The molecule has 1 aliphatic rings. The molecule has 132 valence electrons. The Morgan fingerprint density at radius 1 is 1.31 bits per heavy atom. The van der Waals surface area contributed by atoms with Crippen LogP contribution in [0.5, 0.6) is 5.75 Å².